The molecular formula is C20H20FNO5S. The predicted octanol–water partition coefficient (Wildman–Crippen LogP) is 3.85. The second kappa shape index (κ2) is 9.36. The summed E-state index contributed by atoms with van der Waals surface area (Å²) in [6, 6.07) is 5.39. The zero-order valence-electron chi connectivity index (χ0n) is 15.8. The maximum Gasteiger partial charge on any atom is 0.306 e. The van der Waals surface area contributed by atoms with Gasteiger partial charge in [-0.25, -0.2) is 4.39 Å². The molecule has 8 heteroatoms. The summed E-state index contributed by atoms with van der Waals surface area (Å²) in [7, 11) is 0. The maximum absolute atomic E-state index is 14.0. The van der Waals surface area contributed by atoms with Crippen LogP contribution in [0.5, 0.6) is 0 Å². The van der Waals surface area contributed by atoms with Gasteiger partial charge in [0.05, 0.1) is 12.0 Å². The topological polar surface area (TPSA) is 89.5 Å². The lowest BCUT2D eigenvalue weighted by molar-refractivity contribution is -0.142. The first-order chi connectivity index (χ1) is 13.2. The van der Waals surface area contributed by atoms with Crippen LogP contribution in [0.2, 0.25) is 0 Å². The third-order valence-electron chi connectivity index (χ3n) is 3.85. The smallest absolute Gasteiger partial charge is 0.306 e. The Morgan fingerprint density at radius 2 is 1.75 bits per heavy atom. The number of carbonyl (C=O) groups is 4. The standard InChI is InChI=1S/C20H20FNO5S/c1-11-8-16(12(2)28-11)18(24)6-7-20(26)27-10-19(25)15-5-4-14(9-17(15)21)22-13(3)23/h4-5,8-9H,6-7,10H2,1-3H3,(H,22,23). The number of esters is 1. The van der Waals surface area contributed by atoms with E-state index in [-0.39, 0.29) is 35.8 Å². The van der Waals surface area contributed by atoms with Gasteiger partial charge in [0, 0.05) is 34.3 Å². The number of hydrogen-bond acceptors (Lipinski definition) is 6. The van der Waals surface area contributed by atoms with E-state index < -0.39 is 24.2 Å². The average molecular weight is 405 g/mol. The summed E-state index contributed by atoms with van der Waals surface area (Å²) in [6.45, 7) is 4.39. The average Bonchev–Trinajstić information content (AvgIpc) is 2.95. The largest absolute Gasteiger partial charge is 0.457 e. The number of aryl methyl sites for hydroxylation is 2. The lowest BCUT2D eigenvalue weighted by atomic mass is 10.1. The summed E-state index contributed by atoms with van der Waals surface area (Å²) in [5, 5.41) is 2.40. The molecule has 0 saturated carbocycles. The number of ketones is 2. The van der Waals surface area contributed by atoms with Crippen molar-refractivity contribution in [3.8, 4) is 0 Å². The van der Waals surface area contributed by atoms with Crippen molar-refractivity contribution in [2.45, 2.75) is 33.6 Å². The molecular weight excluding hydrogens is 385 g/mol. The van der Waals surface area contributed by atoms with E-state index in [1.54, 1.807) is 6.07 Å². The highest BCUT2D eigenvalue weighted by atomic mass is 32.1. The monoisotopic (exact) mass is 405 g/mol. The normalized spacial score (nSPS) is 10.4. The van der Waals surface area contributed by atoms with E-state index in [4.69, 9.17) is 4.74 Å². The third kappa shape index (κ3) is 5.82. The number of thiophene rings is 1. The second-order valence-corrected chi connectivity index (χ2v) is 7.67. The van der Waals surface area contributed by atoms with Crippen LogP contribution in [-0.4, -0.2) is 30.0 Å². The highest BCUT2D eigenvalue weighted by Gasteiger charge is 2.17. The summed E-state index contributed by atoms with van der Waals surface area (Å²) >= 11 is 1.51. The molecule has 0 aliphatic rings. The van der Waals surface area contributed by atoms with Crippen LogP contribution in [-0.2, 0) is 14.3 Å². The van der Waals surface area contributed by atoms with E-state index in [9.17, 15) is 23.6 Å². The predicted molar refractivity (Wildman–Crippen MR) is 103 cm³/mol. The summed E-state index contributed by atoms with van der Waals surface area (Å²) < 4.78 is 18.9. The van der Waals surface area contributed by atoms with E-state index in [0.717, 1.165) is 15.8 Å². The molecule has 0 atom stereocenters. The lowest BCUT2D eigenvalue weighted by Gasteiger charge is -2.07. The van der Waals surface area contributed by atoms with Gasteiger partial charge in [0.15, 0.2) is 12.4 Å². The number of carbonyl (C=O) groups excluding carboxylic acids is 4. The highest BCUT2D eigenvalue weighted by Crippen LogP contribution is 2.22. The zero-order valence-corrected chi connectivity index (χ0v) is 16.6. The number of benzene rings is 1. The molecule has 6 nitrogen and oxygen atoms in total. The molecule has 1 aromatic heterocycles. The first-order valence-electron chi connectivity index (χ1n) is 8.53. The molecule has 0 aliphatic heterocycles. The maximum atomic E-state index is 14.0. The van der Waals surface area contributed by atoms with Gasteiger partial charge in [0.2, 0.25) is 11.7 Å². The second-order valence-electron chi connectivity index (χ2n) is 6.21. The fourth-order valence-electron chi connectivity index (χ4n) is 2.58. The molecule has 1 N–H and O–H groups in total. The fraction of sp³-hybridized carbons (Fsp3) is 0.300. The van der Waals surface area contributed by atoms with Crippen molar-refractivity contribution >= 4 is 40.5 Å². The number of nitrogens with one attached hydrogen (secondary N) is 1. The molecule has 0 spiro atoms. The van der Waals surface area contributed by atoms with Gasteiger partial charge in [0.25, 0.3) is 0 Å². The first-order valence-corrected chi connectivity index (χ1v) is 9.35. The van der Waals surface area contributed by atoms with Gasteiger partial charge in [-0.05, 0) is 38.1 Å². The van der Waals surface area contributed by atoms with Crippen LogP contribution < -0.4 is 5.32 Å². The van der Waals surface area contributed by atoms with Gasteiger partial charge in [-0.2, -0.15) is 0 Å². The van der Waals surface area contributed by atoms with Gasteiger partial charge in [-0.1, -0.05) is 0 Å². The van der Waals surface area contributed by atoms with Crippen molar-refractivity contribution in [2.75, 3.05) is 11.9 Å². The van der Waals surface area contributed by atoms with Gasteiger partial charge >= 0.3 is 5.97 Å². The Balaban J connectivity index is 1.85. The van der Waals surface area contributed by atoms with Crippen LogP contribution in [0.15, 0.2) is 24.3 Å². The van der Waals surface area contributed by atoms with Crippen LogP contribution in [0.1, 0.15) is 50.2 Å². The molecule has 0 saturated heterocycles. The molecule has 1 amide bonds. The molecule has 0 unspecified atom stereocenters. The molecule has 1 heterocycles. The Morgan fingerprint density at radius 3 is 2.32 bits per heavy atom. The van der Waals surface area contributed by atoms with Gasteiger partial charge < -0.3 is 10.1 Å². The fourth-order valence-corrected chi connectivity index (χ4v) is 3.52. The van der Waals surface area contributed by atoms with Crippen LogP contribution in [0.3, 0.4) is 0 Å². The van der Waals surface area contributed by atoms with Crippen molar-refractivity contribution in [2.24, 2.45) is 0 Å². The Labute approximate surface area is 165 Å². The number of hydrogen-bond donors (Lipinski definition) is 1. The van der Waals surface area contributed by atoms with Crippen LogP contribution >= 0.6 is 11.3 Å². The van der Waals surface area contributed by atoms with Gasteiger partial charge in [-0.15, -0.1) is 11.3 Å². The summed E-state index contributed by atoms with van der Waals surface area (Å²) in [4.78, 5) is 48.9. The number of ether oxygens (including phenoxy) is 1. The van der Waals surface area contributed by atoms with E-state index in [0.29, 0.717) is 5.56 Å². The minimum Gasteiger partial charge on any atom is -0.457 e. The molecule has 148 valence electrons. The Kier molecular flexibility index (Phi) is 7.17. The quantitative estimate of drug-likeness (QED) is 0.532. The molecule has 1 aromatic carbocycles. The van der Waals surface area contributed by atoms with Crippen LogP contribution in [0.4, 0.5) is 10.1 Å². The molecule has 0 fully saturated rings. The van der Waals surface area contributed by atoms with Crippen molar-refractivity contribution in [1.29, 1.82) is 0 Å². The van der Waals surface area contributed by atoms with E-state index in [1.165, 1.54) is 30.4 Å². The molecule has 0 radical (unpaired) electrons. The van der Waals surface area contributed by atoms with E-state index in [1.807, 2.05) is 13.8 Å². The van der Waals surface area contributed by atoms with Crippen molar-refractivity contribution < 1.29 is 28.3 Å². The molecule has 2 rings (SSSR count). The summed E-state index contributed by atoms with van der Waals surface area (Å²) in [5.41, 5.74) is 0.561. The van der Waals surface area contributed by atoms with Crippen molar-refractivity contribution in [3.05, 3.63) is 51.0 Å². The van der Waals surface area contributed by atoms with Gasteiger partial charge in [-0.3, -0.25) is 19.2 Å². The molecule has 0 aliphatic carbocycles. The molecule has 2 aromatic rings. The lowest BCUT2D eigenvalue weighted by Crippen LogP contribution is -2.16. The number of anilines is 1. The summed E-state index contributed by atoms with van der Waals surface area (Å²) in [6.07, 6.45) is -0.186. The Bertz CT molecular complexity index is 935. The molecule has 28 heavy (non-hydrogen) atoms. The number of Topliss-reactive ketones (excluding diaryl/α,β-unsaturated/α-hetero) is 2. The minimum absolute atomic E-state index is 0.0240. The zero-order chi connectivity index (χ0) is 20.8. The van der Waals surface area contributed by atoms with Crippen LogP contribution in [0.25, 0.3) is 0 Å². The van der Waals surface area contributed by atoms with E-state index in [2.05, 4.69) is 5.32 Å². The Morgan fingerprint density at radius 1 is 1.04 bits per heavy atom. The van der Waals surface area contributed by atoms with Crippen molar-refractivity contribution in [1.82, 2.24) is 0 Å². The number of amides is 1. The third-order valence-corrected chi connectivity index (χ3v) is 4.82. The summed E-state index contributed by atoms with van der Waals surface area (Å²) in [5.74, 6) is -2.78. The van der Waals surface area contributed by atoms with Gasteiger partial charge in [0.1, 0.15) is 5.82 Å². The van der Waals surface area contributed by atoms with Crippen molar-refractivity contribution in [3.63, 3.8) is 0 Å². The minimum atomic E-state index is -0.828. The number of halogens is 1. The van der Waals surface area contributed by atoms with Crippen LogP contribution in [0, 0.1) is 19.7 Å². The first kappa shape index (κ1) is 21.4. The molecule has 0 bridgehead atoms. The Hall–Kier alpha value is -2.87. The number of rotatable bonds is 8. The SMILES string of the molecule is CC(=O)Nc1ccc(C(=O)COC(=O)CCC(=O)c2cc(C)sc2C)c(F)c1. The highest BCUT2D eigenvalue weighted by molar-refractivity contribution is 7.12. The van der Waals surface area contributed by atoms with E-state index >= 15 is 0 Å².